The number of carbonyl (C=O) groups excluding carboxylic acids is 2. The lowest BCUT2D eigenvalue weighted by Gasteiger charge is -2.37. The van der Waals surface area contributed by atoms with Gasteiger partial charge in [-0.15, -0.1) is 0 Å². The first-order chi connectivity index (χ1) is 14.0. The highest BCUT2D eigenvalue weighted by atomic mass is 35.5. The Labute approximate surface area is 172 Å². The molecule has 2 aromatic rings. The first-order valence-electron chi connectivity index (χ1n) is 9.41. The number of hydrogen-bond acceptors (Lipinski definition) is 4. The second-order valence-electron chi connectivity index (χ2n) is 6.95. The summed E-state index contributed by atoms with van der Waals surface area (Å²) in [4.78, 5) is 28.6. The Balaban J connectivity index is 1.32. The molecule has 2 heterocycles. The smallest absolute Gasteiger partial charge is 0.267 e. The van der Waals surface area contributed by atoms with Crippen molar-refractivity contribution >= 4 is 23.4 Å². The molecule has 8 heteroatoms. The predicted molar refractivity (Wildman–Crippen MR) is 105 cm³/mol. The minimum atomic E-state index is -0.704. The third-order valence-corrected chi connectivity index (χ3v) is 5.47. The number of benzene rings is 2. The molecule has 0 aliphatic carbocycles. The Kier molecular flexibility index (Phi) is 5.58. The summed E-state index contributed by atoms with van der Waals surface area (Å²) in [6, 6.07) is 11.6. The number of halogens is 2. The van der Waals surface area contributed by atoms with E-state index in [1.165, 1.54) is 12.1 Å². The van der Waals surface area contributed by atoms with Crippen LogP contribution >= 0.6 is 11.6 Å². The number of fused-ring (bicyclic) bond motifs is 1. The molecule has 0 aromatic heterocycles. The minimum Gasteiger partial charge on any atom is -0.485 e. The van der Waals surface area contributed by atoms with Gasteiger partial charge in [-0.1, -0.05) is 29.8 Å². The molecule has 0 saturated carbocycles. The highest BCUT2D eigenvalue weighted by molar-refractivity contribution is 6.31. The monoisotopic (exact) mass is 418 g/mol. The number of hydrogen-bond donors (Lipinski definition) is 0. The zero-order chi connectivity index (χ0) is 20.4. The second-order valence-corrected chi connectivity index (χ2v) is 7.35. The highest BCUT2D eigenvalue weighted by Crippen LogP contribution is 2.31. The van der Waals surface area contributed by atoms with Crippen LogP contribution in [-0.4, -0.2) is 60.5 Å². The van der Waals surface area contributed by atoms with Gasteiger partial charge in [-0.05, 0) is 24.3 Å². The maximum Gasteiger partial charge on any atom is 0.267 e. The van der Waals surface area contributed by atoms with Gasteiger partial charge in [0, 0.05) is 36.8 Å². The number of amides is 2. The summed E-state index contributed by atoms with van der Waals surface area (Å²) in [5.41, 5.74) is 0.198. The van der Waals surface area contributed by atoms with E-state index in [9.17, 15) is 14.0 Å². The molecule has 152 valence electrons. The van der Waals surface area contributed by atoms with Gasteiger partial charge in [-0.3, -0.25) is 9.59 Å². The maximum absolute atomic E-state index is 13.9. The molecule has 0 bridgehead atoms. The number of rotatable bonds is 3. The van der Waals surface area contributed by atoms with Crippen LogP contribution in [0.25, 0.3) is 0 Å². The number of piperazine rings is 1. The lowest BCUT2D eigenvalue weighted by Crippen LogP contribution is -2.55. The summed E-state index contributed by atoms with van der Waals surface area (Å²) >= 11 is 6.01. The van der Waals surface area contributed by atoms with Gasteiger partial charge in [0.05, 0.1) is 6.42 Å². The van der Waals surface area contributed by atoms with E-state index in [0.717, 1.165) is 0 Å². The zero-order valence-corrected chi connectivity index (χ0v) is 16.4. The molecule has 0 radical (unpaired) electrons. The lowest BCUT2D eigenvalue weighted by molar-refractivity contribution is -0.146. The zero-order valence-electron chi connectivity index (χ0n) is 15.6. The standard InChI is InChI=1S/C21H20ClFN2O4/c22-15-4-3-5-16(23)14(15)12-20(26)24-8-10-25(11-9-24)21(27)19-13-28-17-6-1-2-7-18(17)29-19/h1-7,19H,8-13H2/t19-/m0/s1. The van der Waals surface area contributed by atoms with E-state index in [4.69, 9.17) is 21.1 Å². The van der Waals surface area contributed by atoms with Crippen molar-refractivity contribution in [2.45, 2.75) is 12.5 Å². The van der Waals surface area contributed by atoms with Gasteiger partial charge < -0.3 is 19.3 Å². The first kappa shape index (κ1) is 19.5. The Hall–Kier alpha value is -2.80. The van der Waals surface area contributed by atoms with Crippen LogP contribution < -0.4 is 9.47 Å². The Morgan fingerprint density at radius 1 is 1.00 bits per heavy atom. The number of carbonyl (C=O) groups is 2. The lowest BCUT2D eigenvalue weighted by atomic mass is 10.1. The fraction of sp³-hybridized carbons (Fsp3) is 0.333. The van der Waals surface area contributed by atoms with E-state index in [2.05, 4.69) is 0 Å². The third-order valence-electron chi connectivity index (χ3n) is 5.12. The highest BCUT2D eigenvalue weighted by Gasteiger charge is 2.33. The number of para-hydroxylation sites is 2. The molecular weight excluding hydrogens is 399 g/mol. The molecule has 0 unspecified atom stereocenters. The molecule has 6 nitrogen and oxygen atoms in total. The van der Waals surface area contributed by atoms with Crippen LogP contribution in [0.1, 0.15) is 5.56 Å². The average molecular weight is 419 g/mol. The number of nitrogens with zero attached hydrogens (tertiary/aromatic N) is 2. The molecule has 2 aliphatic rings. The van der Waals surface area contributed by atoms with Gasteiger partial charge in [-0.25, -0.2) is 4.39 Å². The molecule has 1 atom stereocenters. The van der Waals surface area contributed by atoms with Crippen molar-refractivity contribution in [3.05, 3.63) is 58.9 Å². The third kappa shape index (κ3) is 4.15. The van der Waals surface area contributed by atoms with Crippen molar-refractivity contribution in [1.29, 1.82) is 0 Å². The minimum absolute atomic E-state index is 0.101. The van der Waals surface area contributed by atoms with Crippen LogP contribution in [-0.2, 0) is 16.0 Å². The molecular formula is C21H20ClFN2O4. The molecule has 0 spiro atoms. The molecule has 2 amide bonds. The van der Waals surface area contributed by atoms with Gasteiger partial charge in [0.25, 0.3) is 5.91 Å². The Morgan fingerprint density at radius 3 is 2.41 bits per heavy atom. The summed E-state index contributed by atoms with van der Waals surface area (Å²) in [7, 11) is 0. The normalized spacial score (nSPS) is 18.5. The molecule has 1 fully saturated rings. The summed E-state index contributed by atoms with van der Waals surface area (Å²) in [5, 5.41) is 0.238. The van der Waals surface area contributed by atoms with Crippen LogP contribution in [0.5, 0.6) is 11.5 Å². The quantitative estimate of drug-likeness (QED) is 0.768. The SMILES string of the molecule is O=C(Cc1c(F)cccc1Cl)N1CCN(C(=O)[C@@H]2COc3ccccc3O2)CC1. The molecule has 2 aliphatic heterocycles. The predicted octanol–water partition coefficient (Wildman–Crippen LogP) is 2.53. The topological polar surface area (TPSA) is 59.1 Å². The number of ether oxygens (including phenoxy) is 2. The largest absolute Gasteiger partial charge is 0.485 e. The fourth-order valence-corrected chi connectivity index (χ4v) is 3.72. The van der Waals surface area contributed by atoms with Gasteiger partial charge in [0.1, 0.15) is 12.4 Å². The van der Waals surface area contributed by atoms with E-state index >= 15 is 0 Å². The van der Waals surface area contributed by atoms with Crippen LogP contribution in [0.15, 0.2) is 42.5 Å². The van der Waals surface area contributed by atoms with E-state index in [-0.39, 0.29) is 35.4 Å². The van der Waals surface area contributed by atoms with Gasteiger partial charge in [-0.2, -0.15) is 0 Å². The van der Waals surface area contributed by atoms with Crippen molar-refractivity contribution in [1.82, 2.24) is 9.80 Å². The summed E-state index contributed by atoms with van der Waals surface area (Å²) in [6.45, 7) is 1.68. The summed E-state index contributed by atoms with van der Waals surface area (Å²) in [6.07, 6.45) is -0.806. The molecule has 29 heavy (non-hydrogen) atoms. The van der Waals surface area contributed by atoms with Crippen LogP contribution in [0.2, 0.25) is 5.02 Å². The van der Waals surface area contributed by atoms with Crippen LogP contribution in [0, 0.1) is 5.82 Å². The Bertz CT molecular complexity index is 910. The van der Waals surface area contributed by atoms with Crippen molar-refractivity contribution in [2.75, 3.05) is 32.8 Å². The van der Waals surface area contributed by atoms with Crippen molar-refractivity contribution in [3.8, 4) is 11.5 Å². The molecule has 1 saturated heterocycles. The average Bonchev–Trinajstić information content (AvgIpc) is 2.75. The molecule has 2 aromatic carbocycles. The summed E-state index contributed by atoms with van der Waals surface area (Å²) in [5.74, 6) is 0.305. The van der Waals surface area contributed by atoms with Gasteiger partial charge in [0.15, 0.2) is 11.5 Å². The molecule has 4 rings (SSSR count). The second kappa shape index (κ2) is 8.29. The van der Waals surface area contributed by atoms with Crippen LogP contribution in [0.4, 0.5) is 4.39 Å². The van der Waals surface area contributed by atoms with E-state index in [1.807, 2.05) is 12.1 Å². The summed E-state index contributed by atoms with van der Waals surface area (Å²) < 4.78 is 25.3. The van der Waals surface area contributed by atoms with E-state index in [1.54, 1.807) is 28.0 Å². The van der Waals surface area contributed by atoms with Crippen LogP contribution in [0.3, 0.4) is 0 Å². The van der Waals surface area contributed by atoms with Crippen molar-refractivity contribution in [2.24, 2.45) is 0 Å². The van der Waals surface area contributed by atoms with Gasteiger partial charge in [0.2, 0.25) is 12.0 Å². The van der Waals surface area contributed by atoms with E-state index in [0.29, 0.717) is 37.7 Å². The van der Waals surface area contributed by atoms with Crippen molar-refractivity contribution < 1.29 is 23.5 Å². The van der Waals surface area contributed by atoms with Crippen molar-refractivity contribution in [3.63, 3.8) is 0 Å². The first-order valence-corrected chi connectivity index (χ1v) is 9.78. The van der Waals surface area contributed by atoms with Gasteiger partial charge >= 0.3 is 0 Å². The molecule has 0 N–H and O–H groups in total. The van der Waals surface area contributed by atoms with E-state index < -0.39 is 11.9 Å². The maximum atomic E-state index is 13.9. The Morgan fingerprint density at radius 2 is 1.69 bits per heavy atom. The fourth-order valence-electron chi connectivity index (χ4n) is 3.49.